The van der Waals surface area contributed by atoms with Gasteiger partial charge in [0, 0.05) is 23.6 Å². The summed E-state index contributed by atoms with van der Waals surface area (Å²) in [7, 11) is 3.16. The number of ether oxygens (including phenoxy) is 1. The van der Waals surface area contributed by atoms with Gasteiger partial charge in [-0.3, -0.25) is 9.59 Å². The number of methoxy groups -OCH3 is 1. The van der Waals surface area contributed by atoms with Gasteiger partial charge < -0.3 is 15.0 Å². The van der Waals surface area contributed by atoms with E-state index in [1.54, 1.807) is 37.3 Å². The van der Waals surface area contributed by atoms with E-state index in [1.807, 2.05) is 31.2 Å². The predicted molar refractivity (Wildman–Crippen MR) is 112 cm³/mol. The summed E-state index contributed by atoms with van der Waals surface area (Å²) in [6, 6.07) is 11.9. The molecule has 0 unspecified atom stereocenters. The van der Waals surface area contributed by atoms with Crippen LogP contribution in [0.1, 0.15) is 24.5 Å². The minimum atomic E-state index is -0.578. The highest BCUT2D eigenvalue weighted by molar-refractivity contribution is 6.35. The Labute approximate surface area is 175 Å². The standard InChI is InChI=1S/C21H24Cl2N2O3/c1-4-19(21(27)24-2)25(13-14-5-9-17(28-3)10-6-14)20(26)11-15-7-8-16(22)12-18(15)23/h5-10,12,19H,4,11,13H2,1-3H3,(H,24,27)/t19-/m1/s1. The van der Waals surface area contributed by atoms with Crippen LogP contribution in [0.2, 0.25) is 10.0 Å². The molecule has 2 rings (SSSR count). The van der Waals surface area contributed by atoms with Crippen molar-refractivity contribution in [3.05, 3.63) is 63.6 Å². The maximum absolute atomic E-state index is 13.1. The lowest BCUT2D eigenvalue weighted by molar-refractivity contribution is -0.140. The van der Waals surface area contributed by atoms with Gasteiger partial charge >= 0.3 is 0 Å². The van der Waals surface area contributed by atoms with E-state index in [1.165, 1.54) is 0 Å². The molecule has 0 saturated heterocycles. The second-order valence-electron chi connectivity index (χ2n) is 6.32. The van der Waals surface area contributed by atoms with Crippen molar-refractivity contribution in [3.63, 3.8) is 0 Å². The summed E-state index contributed by atoms with van der Waals surface area (Å²) in [5, 5.41) is 3.58. The molecule has 2 aromatic carbocycles. The molecule has 1 atom stereocenters. The Bertz CT molecular complexity index is 825. The van der Waals surface area contributed by atoms with Crippen molar-refractivity contribution in [1.82, 2.24) is 10.2 Å². The summed E-state index contributed by atoms with van der Waals surface area (Å²) in [4.78, 5) is 27.1. The average molecular weight is 423 g/mol. The molecule has 0 heterocycles. The van der Waals surface area contributed by atoms with Gasteiger partial charge in [-0.1, -0.05) is 48.3 Å². The first kappa shape index (κ1) is 22.1. The van der Waals surface area contributed by atoms with Crippen molar-refractivity contribution in [3.8, 4) is 5.75 Å². The number of amides is 2. The lowest BCUT2D eigenvalue weighted by Crippen LogP contribution is -2.48. The summed E-state index contributed by atoms with van der Waals surface area (Å²) < 4.78 is 5.18. The number of carbonyl (C=O) groups excluding carboxylic acids is 2. The summed E-state index contributed by atoms with van der Waals surface area (Å²) in [5.41, 5.74) is 1.57. The smallest absolute Gasteiger partial charge is 0.242 e. The van der Waals surface area contributed by atoms with Crippen LogP contribution >= 0.6 is 23.2 Å². The van der Waals surface area contributed by atoms with Gasteiger partial charge in [0.15, 0.2) is 0 Å². The van der Waals surface area contributed by atoms with E-state index in [9.17, 15) is 9.59 Å². The Morgan fingerprint density at radius 2 is 1.82 bits per heavy atom. The Balaban J connectivity index is 2.29. The lowest BCUT2D eigenvalue weighted by Gasteiger charge is -2.30. The number of nitrogens with zero attached hydrogens (tertiary/aromatic N) is 1. The molecular formula is C21H24Cl2N2O3. The minimum absolute atomic E-state index is 0.0830. The zero-order valence-electron chi connectivity index (χ0n) is 16.2. The number of benzene rings is 2. The summed E-state index contributed by atoms with van der Waals surface area (Å²) in [6.07, 6.45) is 0.579. The van der Waals surface area contributed by atoms with E-state index >= 15 is 0 Å². The summed E-state index contributed by atoms with van der Waals surface area (Å²) >= 11 is 12.2. The highest BCUT2D eigenvalue weighted by atomic mass is 35.5. The molecular weight excluding hydrogens is 399 g/mol. The Hall–Kier alpha value is -2.24. The van der Waals surface area contributed by atoms with Gasteiger partial charge in [0.1, 0.15) is 11.8 Å². The van der Waals surface area contributed by atoms with Crippen LogP contribution in [0, 0.1) is 0 Å². The summed E-state index contributed by atoms with van der Waals surface area (Å²) in [6.45, 7) is 2.18. The fraction of sp³-hybridized carbons (Fsp3) is 0.333. The number of nitrogens with one attached hydrogen (secondary N) is 1. The average Bonchev–Trinajstić information content (AvgIpc) is 2.70. The highest BCUT2D eigenvalue weighted by Crippen LogP contribution is 2.23. The number of carbonyl (C=O) groups is 2. The maximum atomic E-state index is 13.1. The molecule has 150 valence electrons. The molecule has 0 aliphatic rings. The van der Waals surface area contributed by atoms with Gasteiger partial charge in [0.25, 0.3) is 0 Å². The van der Waals surface area contributed by atoms with Crippen LogP contribution in [0.4, 0.5) is 0 Å². The lowest BCUT2D eigenvalue weighted by atomic mass is 10.1. The first-order valence-corrected chi connectivity index (χ1v) is 9.73. The second-order valence-corrected chi connectivity index (χ2v) is 7.16. The van der Waals surface area contributed by atoms with Crippen LogP contribution in [0.15, 0.2) is 42.5 Å². The molecule has 2 amide bonds. The highest BCUT2D eigenvalue weighted by Gasteiger charge is 2.28. The van der Waals surface area contributed by atoms with Crippen molar-refractivity contribution < 1.29 is 14.3 Å². The van der Waals surface area contributed by atoms with Crippen LogP contribution in [0.3, 0.4) is 0 Å². The predicted octanol–water partition coefficient (Wildman–Crippen LogP) is 4.10. The fourth-order valence-electron chi connectivity index (χ4n) is 2.94. The van der Waals surface area contributed by atoms with Crippen molar-refractivity contribution in [2.24, 2.45) is 0 Å². The molecule has 0 aliphatic heterocycles. The summed E-state index contributed by atoms with van der Waals surface area (Å²) in [5.74, 6) is 0.343. The van der Waals surface area contributed by atoms with Gasteiger partial charge in [-0.25, -0.2) is 0 Å². The molecule has 5 nitrogen and oxygen atoms in total. The van der Waals surface area contributed by atoms with Crippen molar-refractivity contribution in [2.45, 2.75) is 32.4 Å². The molecule has 0 fully saturated rings. The van der Waals surface area contributed by atoms with Gasteiger partial charge in [0.2, 0.25) is 11.8 Å². The van der Waals surface area contributed by atoms with Crippen molar-refractivity contribution >= 4 is 35.0 Å². The number of rotatable bonds is 8. The van der Waals surface area contributed by atoms with Crippen LogP contribution < -0.4 is 10.1 Å². The monoisotopic (exact) mass is 422 g/mol. The molecule has 0 radical (unpaired) electrons. The second kappa shape index (κ2) is 10.3. The van der Waals surface area contributed by atoms with E-state index in [0.717, 1.165) is 11.3 Å². The SMILES string of the molecule is CC[C@H](C(=O)NC)N(Cc1ccc(OC)cc1)C(=O)Cc1ccc(Cl)cc1Cl. The molecule has 28 heavy (non-hydrogen) atoms. The number of likely N-dealkylation sites (N-methyl/N-ethyl adjacent to an activating group) is 1. The topological polar surface area (TPSA) is 58.6 Å². The zero-order valence-corrected chi connectivity index (χ0v) is 17.7. The quantitative estimate of drug-likeness (QED) is 0.696. The van der Waals surface area contributed by atoms with E-state index in [0.29, 0.717) is 28.6 Å². The first-order valence-electron chi connectivity index (χ1n) is 8.97. The molecule has 0 aliphatic carbocycles. The van der Waals surface area contributed by atoms with Crippen LogP contribution in [-0.4, -0.2) is 36.9 Å². The Morgan fingerprint density at radius 1 is 1.14 bits per heavy atom. The van der Waals surface area contributed by atoms with Crippen molar-refractivity contribution in [2.75, 3.05) is 14.2 Å². The molecule has 0 bridgehead atoms. The largest absolute Gasteiger partial charge is 0.497 e. The normalized spacial score (nSPS) is 11.6. The van der Waals surface area contributed by atoms with E-state index < -0.39 is 6.04 Å². The van der Waals surface area contributed by atoms with Gasteiger partial charge in [-0.05, 0) is 41.8 Å². The van der Waals surface area contributed by atoms with E-state index in [-0.39, 0.29) is 18.2 Å². The van der Waals surface area contributed by atoms with Gasteiger partial charge in [-0.15, -0.1) is 0 Å². The third kappa shape index (κ3) is 5.63. The third-order valence-corrected chi connectivity index (χ3v) is 5.09. The van der Waals surface area contributed by atoms with E-state index in [2.05, 4.69) is 5.32 Å². The van der Waals surface area contributed by atoms with Crippen LogP contribution in [0.25, 0.3) is 0 Å². The number of halogens is 2. The van der Waals surface area contributed by atoms with Gasteiger partial charge in [-0.2, -0.15) is 0 Å². The fourth-order valence-corrected chi connectivity index (χ4v) is 3.42. The number of hydrogen-bond acceptors (Lipinski definition) is 3. The van der Waals surface area contributed by atoms with Crippen LogP contribution in [0.5, 0.6) is 5.75 Å². The zero-order chi connectivity index (χ0) is 20.7. The molecule has 2 aromatic rings. The molecule has 0 aromatic heterocycles. The van der Waals surface area contributed by atoms with Crippen LogP contribution in [-0.2, 0) is 22.6 Å². The van der Waals surface area contributed by atoms with E-state index in [4.69, 9.17) is 27.9 Å². The first-order chi connectivity index (χ1) is 13.4. The molecule has 0 spiro atoms. The van der Waals surface area contributed by atoms with Gasteiger partial charge in [0.05, 0.1) is 13.5 Å². The third-order valence-electron chi connectivity index (χ3n) is 4.50. The molecule has 1 N–H and O–H groups in total. The number of hydrogen-bond donors (Lipinski definition) is 1. The maximum Gasteiger partial charge on any atom is 0.242 e. The molecule has 7 heteroatoms. The Kier molecular flexibility index (Phi) is 8.15. The Morgan fingerprint density at radius 3 is 2.36 bits per heavy atom. The molecule has 0 saturated carbocycles. The van der Waals surface area contributed by atoms with Crippen molar-refractivity contribution in [1.29, 1.82) is 0 Å². The minimum Gasteiger partial charge on any atom is -0.497 e.